The maximum Gasteiger partial charge on any atom is 0.282 e. The Morgan fingerprint density at radius 2 is 2.25 bits per heavy atom. The first-order valence-electron chi connectivity index (χ1n) is 5.39. The van der Waals surface area contributed by atoms with E-state index < -0.39 is 0 Å². The van der Waals surface area contributed by atoms with Gasteiger partial charge in [-0.3, -0.25) is 0 Å². The second-order valence-corrected chi connectivity index (χ2v) is 4.10. The number of aliphatic imine (C=N–C) groups is 1. The second kappa shape index (κ2) is 4.43. The zero-order chi connectivity index (χ0) is 11.5. The summed E-state index contributed by atoms with van der Waals surface area (Å²) in [4.78, 5) is 6.40. The SMILES string of the molecule is Cc1ccccc1N(C)C[C@H]1COC(N)=N1. The summed E-state index contributed by atoms with van der Waals surface area (Å²) < 4.78 is 5.13. The van der Waals surface area contributed by atoms with E-state index in [-0.39, 0.29) is 6.04 Å². The number of rotatable bonds is 3. The van der Waals surface area contributed by atoms with Gasteiger partial charge >= 0.3 is 0 Å². The number of ether oxygens (including phenoxy) is 1. The quantitative estimate of drug-likeness (QED) is 0.829. The van der Waals surface area contributed by atoms with Crippen LogP contribution in [0.15, 0.2) is 29.3 Å². The zero-order valence-corrected chi connectivity index (χ0v) is 9.68. The van der Waals surface area contributed by atoms with Crippen LogP contribution in [0.5, 0.6) is 0 Å². The van der Waals surface area contributed by atoms with Gasteiger partial charge in [-0.2, -0.15) is 0 Å². The smallest absolute Gasteiger partial charge is 0.282 e. The molecule has 1 heterocycles. The van der Waals surface area contributed by atoms with E-state index in [2.05, 4.69) is 36.0 Å². The molecule has 86 valence electrons. The molecule has 0 aromatic heterocycles. The lowest BCUT2D eigenvalue weighted by Gasteiger charge is -2.22. The lowest BCUT2D eigenvalue weighted by molar-refractivity contribution is 0.314. The summed E-state index contributed by atoms with van der Waals surface area (Å²) in [7, 11) is 2.06. The number of para-hydroxylation sites is 1. The number of hydrogen-bond acceptors (Lipinski definition) is 4. The highest BCUT2D eigenvalue weighted by Gasteiger charge is 2.18. The fraction of sp³-hybridized carbons (Fsp3) is 0.417. The van der Waals surface area contributed by atoms with Gasteiger partial charge in [-0.15, -0.1) is 0 Å². The zero-order valence-electron chi connectivity index (χ0n) is 9.68. The van der Waals surface area contributed by atoms with Crippen molar-refractivity contribution in [1.29, 1.82) is 0 Å². The Labute approximate surface area is 95.7 Å². The minimum absolute atomic E-state index is 0.143. The number of nitrogens with two attached hydrogens (primary N) is 1. The van der Waals surface area contributed by atoms with Gasteiger partial charge in [0.15, 0.2) is 0 Å². The van der Waals surface area contributed by atoms with Crippen molar-refractivity contribution in [2.75, 3.05) is 25.1 Å². The molecule has 1 aromatic carbocycles. The van der Waals surface area contributed by atoms with E-state index in [1.807, 2.05) is 12.1 Å². The molecule has 0 spiro atoms. The summed E-state index contributed by atoms with van der Waals surface area (Å²) in [5, 5.41) is 0. The van der Waals surface area contributed by atoms with Crippen LogP contribution in [0.1, 0.15) is 5.56 Å². The number of aryl methyl sites for hydroxylation is 1. The summed E-state index contributed by atoms with van der Waals surface area (Å²) in [5.74, 6) is 0. The molecule has 2 rings (SSSR count). The van der Waals surface area contributed by atoms with Gasteiger partial charge in [0.1, 0.15) is 12.6 Å². The van der Waals surface area contributed by atoms with Gasteiger partial charge in [0.2, 0.25) is 0 Å². The number of likely N-dealkylation sites (N-methyl/N-ethyl adjacent to an activating group) is 1. The molecule has 0 bridgehead atoms. The van der Waals surface area contributed by atoms with Crippen LogP contribution < -0.4 is 10.6 Å². The molecule has 16 heavy (non-hydrogen) atoms. The Kier molecular flexibility index (Phi) is 2.99. The van der Waals surface area contributed by atoms with Crippen molar-refractivity contribution >= 4 is 11.7 Å². The predicted molar refractivity (Wildman–Crippen MR) is 65.8 cm³/mol. The minimum atomic E-state index is 0.143. The van der Waals surface area contributed by atoms with Crippen LogP contribution in [0, 0.1) is 6.92 Å². The first-order chi connectivity index (χ1) is 7.66. The normalized spacial score (nSPS) is 19.1. The fourth-order valence-corrected chi connectivity index (χ4v) is 1.94. The summed E-state index contributed by atoms with van der Waals surface area (Å²) in [6.07, 6.45) is 0. The molecular weight excluding hydrogens is 202 g/mol. The third-order valence-corrected chi connectivity index (χ3v) is 2.74. The summed E-state index contributed by atoms with van der Waals surface area (Å²) >= 11 is 0. The highest BCUT2D eigenvalue weighted by molar-refractivity contribution is 5.73. The number of hydrogen-bond donors (Lipinski definition) is 1. The molecule has 0 unspecified atom stereocenters. The highest BCUT2D eigenvalue weighted by atomic mass is 16.5. The van der Waals surface area contributed by atoms with E-state index in [9.17, 15) is 0 Å². The Bertz CT molecular complexity index is 403. The largest absolute Gasteiger partial charge is 0.463 e. The Hall–Kier alpha value is -1.71. The van der Waals surface area contributed by atoms with Crippen molar-refractivity contribution in [1.82, 2.24) is 0 Å². The van der Waals surface area contributed by atoms with E-state index >= 15 is 0 Å². The Balaban J connectivity index is 2.03. The summed E-state index contributed by atoms with van der Waals surface area (Å²) in [6, 6.07) is 8.75. The minimum Gasteiger partial charge on any atom is -0.463 e. The van der Waals surface area contributed by atoms with Gasteiger partial charge in [-0.25, -0.2) is 4.99 Å². The van der Waals surface area contributed by atoms with Gasteiger partial charge in [0.25, 0.3) is 6.02 Å². The van der Waals surface area contributed by atoms with Gasteiger partial charge in [-0.1, -0.05) is 18.2 Å². The maximum atomic E-state index is 5.48. The molecule has 0 saturated heterocycles. The van der Waals surface area contributed by atoms with Crippen molar-refractivity contribution in [3.8, 4) is 0 Å². The van der Waals surface area contributed by atoms with Crippen molar-refractivity contribution in [3.63, 3.8) is 0 Å². The predicted octanol–water partition coefficient (Wildman–Crippen LogP) is 1.14. The van der Waals surface area contributed by atoms with Crippen molar-refractivity contribution in [2.24, 2.45) is 10.7 Å². The summed E-state index contributed by atoms with van der Waals surface area (Å²) in [5.41, 5.74) is 7.97. The van der Waals surface area contributed by atoms with Crippen LogP contribution in [-0.4, -0.2) is 32.3 Å². The van der Waals surface area contributed by atoms with Crippen LogP contribution in [0.25, 0.3) is 0 Å². The highest BCUT2D eigenvalue weighted by Crippen LogP contribution is 2.18. The van der Waals surface area contributed by atoms with Crippen molar-refractivity contribution in [2.45, 2.75) is 13.0 Å². The molecule has 0 radical (unpaired) electrons. The molecular formula is C12H17N3O. The van der Waals surface area contributed by atoms with Gasteiger partial charge in [0, 0.05) is 19.3 Å². The van der Waals surface area contributed by atoms with Crippen molar-refractivity contribution < 1.29 is 4.74 Å². The van der Waals surface area contributed by atoms with Crippen LogP contribution in [0.4, 0.5) is 5.69 Å². The van der Waals surface area contributed by atoms with Gasteiger partial charge < -0.3 is 15.4 Å². The molecule has 4 heteroatoms. The molecule has 1 aliphatic rings. The molecule has 0 fully saturated rings. The fourth-order valence-electron chi connectivity index (χ4n) is 1.94. The standard InChI is InChI=1S/C12H17N3O/c1-9-5-3-4-6-11(9)15(2)7-10-8-16-12(13)14-10/h3-6,10H,7-8H2,1-2H3,(H2,13,14)/t10-/m0/s1. The molecule has 1 atom stereocenters. The Morgan fingerprint density at radius 1 is 1.50 bits per heavy atom. The van der Waals surface area contributed by atoms with Crippen LogP contribution in [0.2, 0.25) is 0 Å². The molecule has 2 N–H and O–H groups in total. The van der Waals surface area contributed by atoms with E-state index in [0.29, 0.717) is 12.6 Å². The average molecular weight is 219 g/mol. The summed E-state index contributed by atoms with van der Waals surface area (Å²) in [6.45, 7) is 3.52. The number of anilines is 1. The molecule has 0 saturated carbocycles. The van der Waals surface area contributed by atoms with Gasteiger partial charge in [0.05, 0.1) is 0 Å². The van der Waals surface area contributed by atoms with E-state index in [0.717, 1.165) is 6.54 Å². The van der Waals surface area contributed by atoms with E-state index in [1.165, 1.54) is 11.3 Å². The van der Waals surface area contributed by atoms with E-state index in [1.54, 1.807) is 0 Å². The van der Waals surface area contributed by atoms with E-state index in [4.69, 9.17) is 10.5 Å². The number of amidine groups is 1. The van der Waals surface area contributed by atoms with Crippen LogP contribution >= 0.6 is 0 Å². The Morgan fingerprint density at radius 3 is 2.88 bits per heavy atom. The lowest BCUT2D eigenvalue weighted by atomic mass is 10.2. The second-order valence-electron chi connectivity index (χ2n) is 4.10. The maximum absolute atomic E-state index is 5.48. The van der Waals surface area contributed by atoms with Crippen LogP contribution in [-0.2, 0) is 4.74 Å². The molecule has 1 aliphatic heterocycles. The first-order valence-corrected chi connectivity index (χ1v) is 5.39. The van der Waals surface area contributed by atoms with Crippen LogP contribution in [0.3, 0.4) is 0 Å². The third kappa shape index (κ3) is 2.27. The molecule has 0 amide bonds. The molecule has 0 aliphatic carbocycles. The number of benzene rings is 1. The third-order valence-electron chi connectivity index (χ3n) is 2.74. The topological polar surface area (TPSA) is 50.9 Å². The molecule has 4 nitrogen and oxygen atoms in total. The van der Waals surface area contributed by atoms with Gasteiger partial charge in [-0.05, 0) is 18.6 Å². The molecule has 1 aromatic rings. The lowest BCUT2D eigenvalue weighted by Crippen LogP contribution is -2.29. The monoisotopic (exact) mass is 219 g/mol. The van der Waals surface area contributed by atoms with Crippen molar-refractivity contribution in [3.05, 3.63) is 29.8 Å². The number of nitrogens with zero attached hydrogens (tertiary/aromatic N) is 2. The average Bonchev–Trinajstić information content (AvgIpc) is 2.64. The first kappa shape index (κ1) is 10.8.